The number of aliphatic hydroxyl groups is 1. The summed E-state index contributed by atoms with van der Waals surface area (Å²) in [5, 5.41) is 13.5. The van der Waals surface area contributed by atoms with E-state index in [0.29, 0.717) is 12.5 Å². The molecule has 27 heavy (non-hydrogen) atoms. The number of aliphatic hydroxyl groups excluding tert-OH is 1. The van der Waals surface area contributed by atoms with Crippen molar-refractivity contribution in [2.45, 2.75) is 37.6 Å². The Morgan fingerprint density at radius 3 is 2.48 bits per heavy atom. The highest BCUT2D eigenvalue weighted by Gasteiger charge is 2.46. The molecule has 0 spiro atoms. The molecule has 2 N–H and O–H groups in total. The predicted octanol–water partition coefficient (Wildman–Crippen LogP) is 1.48. The third-order valence-electron chi connectivity index (χ3n) is 6.01. The van der Waals surface area contributed by atoms with Gasteiger partial charge in [-0.1, -0.05) is 12.1 Å². The molecule has 1 heterocycles. The number of methoxy groups -OCH3 is 1. The predicted molar refractivity (Wildman–Crippen MR) is 106 cm³/mol. The van der Waals surface area contributed by atoms with Crippen molar-refractivity contribution in [1.29, 1.82) is 0 Å². The Morgan fingerprint density at radius 1 is 1.26 bits per heavy atom. The van der Waals surface area contributed by atoms with Gasteiger partial charge in [0.15, 0.2) is 0 Å². The summed E-state index contributed by atoms with van der Waals surface area (Å²) in [6.07, 6.45) is 4.73. The maximum Gasteiger partial charge on any atom is 0.243 e. The van der Waals surface area contributed by atoms with E-state index >= 15 is 0 Å². The Bertz CT molecular complexity index is 610. The maximum absolute atomic E-state index is 13.4. The Hall–Kier alpha value is -1.63. The lowest BCUT2D eigenvalue weighted by molar-refractivity contribution is -0.149. The van der Waals surface area contributed by atoms with Gasteiger partial charge in [0, 0.05) is 20.1 Å². The molecule has 2 fully saturated rings. The van der Waals surface area contributed by atoms with Gasteiger partial charge in [-0.3, -0.25) is 9.69 Å². The van der Waals surface area contributed by atoms with Crippen LogP contribution in [-0.2, 0) is 11.2 Å². The van der Waals surface area contributed by atoms with Gasteiger partial charge in [0.1, 0.15) is 11.3 Å². The molecule has 0 unspecified atom stereocenters. The van der Waals surface area contributed by atoms with Crippen LogP contribution in [0.2, 0.25) is 0 Å². The Labute approximate surface area is 162 Å². The normalized spacial score (nSPS) is 19.1. The fraction of sp³-hybridized carbons (Fsp3) is 0.667. The number of rotatable bonds is 9. The van der Waals surface area contributed by atoms with Crippen molar-refractivity contribution in [2.75, 3.05) is 47.1 Å². The number of amides is 1. The van der Waals surface area contributed by atoms with Crippen LogP contribution in [0.25, 0.3) is 0 Å². The number of nitrogens with one attached hydrogen (secondary N) is 1. The number of carbonyl (C=O) groups excluding carboxylic acids is 1. The van der Waals surface area contributed by atoms with Crippen molar-refractivity contribution >= 4 is 5.91 Å². The highest BCUT2D eigenvalue weighted by atomic mass is 16.5. The fourth-order valence-corrected chi connectivity index (χ4v) is 4.11. The van der Waals surface area contributed by atoms with E-state index in [4.69, 9.17) is 4.74 Å². The molecule has 1 aromatic rings. The van der Waals surface area contributed by atoms with Crippen LogP contribution < -0.4 is 10.1 Å². The van der Waals surface area contributed by atoms with E-state index < -0.39 is 5.54 Å². The summed E-state index contributed by atoms with van der Waals surface area (Å²) in [5.41, 5.74) is 0.577. The molecule has 1 aromatic carbocycles. The quantitative estimate of drug-likeness (QED) is 0.640. The Morgan fingerprint density at radius 2 is 1.93 bits per heavy atom. The molecule has 0 bridgehead atoms. The van der Waals surface area contributed by atoms with Crippen LogP contribution >= 0.6 is 0 Å². The lowest BCUT2D eigenvalue weighted by Crippen LogP contribution is -2.63. The van der Waals surface area contributed by atoms with Gasteiger partial charge < -0.3 is 20.1 Å². The summed E-state index contributed by atoms with van der Waals surface area (Å²) in [6, 6.07) is 8.00. The number of nitrogens with zero attached hydrogens (tertiary/aromatic N) is 2. The minimum absolute atomic E-state index is 0.0981. The van der Waals surface area contributed by atoms with Crippen molar-refractivity contribution < 1.29 is 14.6 Å². The molecule has 1 saturated heterocycles. The molecule has 1 aliphatic carbocycles. The Balaban J connectivity index is 1.70. The summed E-state index contributed by atoms with van der Waals surface area (Å²) in [5.74, 6) is 1.67. The molecular formula is C21H33N3O3. The molecule has 2 aliphatic rings. The van der Waals surface area contributed by atoms with E-state index in [0.717, 1.165) is 44.6 Å². The molecule has 1 amide bonds. The smallest absolute Gasteiger partial charge is 0.243 e. The van der Waals surface area contributed by atoms with Crippen molar-refractivity contribution in [3.8, 4) is 5.75 Å². The molecule has 3 rings (SSSR count). The first-order chi connectivity index (χ1) is 13.1. The van der Waals surface area contributed by atoms with Gasteiger partial charge in [0.05, 0.1) is 13.8 Å². The molecule has 0 aromatic heterocycles. The van der Waals surface area contributed by atoms with Crippen molar-refractivity contribution in [2.24, 2.45) is 5.92 Å². The fourth-order valence-electron chi connectivity index (χ4n) is 4.11. The average Bonchev–Trinajstić information content (AvgIpc) is 3.53. The number of likely N-dealkylation sites (N-methyl/N-ethyl adjacent to an activating group) is 1. The van der Waals surface area contributed by atoms with Crippen LogP contribution in [-0.4, -0.2) is 73.4 Å². The number of carbonyl (C=O) groups is 1. The third kappa shape index (κ3) is 4.81. The molecule has 1 aliphatic heterocycles. The largest absolute Gasteiger partial charge is 0.497 e. The zero-order chi connectivity index (χ0) is 19.3. The van der Waals surface area contributed by atoms with Crippen LogP contribution in [0.1, 0.15) is 31.2 Å². The van der Waals surface area contributed by atoms with Gasteiger partial charge in [-0.2, -0.15) is 0 Å². The van der Waals surface area contributed by atoms with Gasteiger partial charge in [0.25, 0.3) is 0 Å². The van der Waals surface area contributed by atoms with Crippen LogP contribution in [0.15, 0.2) is 24.3 Å². The monoisotopic (exact) mass is 375 g/mol. The molecule has 0 radical (unpaired) electrons. The molecule has 6 heteroatoms. The number of piperidine rings is 1. The van der Waals surface area contributed by atoms with E-state index in [2.05, 4.69) is 5.32 Å². The van der Waals surface area contributed by atoms with Crippen LogP contribution in [0.4, 0.5) is 0 Å². The van der Waals surface area contributed by atoms with Gasteiger partial charge >= 0.3 is 0 Å². The van der Waals surface area contributed by atoms with Crippen molar-refractivity contribution in [1.82, 2.24) is 15.1 Å². The highest BCUT2D eigenvalue weighted by Crippen LogP contribution is 2.33. The third-order valence-corrected chi connectivity index (χ3v) is 6.01. The number of benzene rings is 1. The zero-order valence-electron chi connectivity index (χ0n) is 16.6. The number of ether oxygens (including phenoxy) is 1. The first-order valence-corrected chi connectivity index (χ1v) is 10.0. The Kier molecular flexibility index (Phi) is 6.73. The maximum atomic E-state index is 13.4. The number of hydrogen-bond acceptors (Lipinski definition) is 5. The SMILES string of the molecule is COc1ccc(CCN(CO)C2(C(=O)N(C)CC3CC3)CCNCC2)cc1. The minimum Gasteiger partial charge on any atom is -0.497 e. The van der Waals surface area contributed by atoms with E-state index in [1.54, 1.807) is 7.11 Å². The van der Waals surface area contributed by atoms with E-state index in [1.807, 2.05) is 41.1 Å². The average molecular weight is 376 g/mol. The second kappa shape index (κ2) is 9.04. The summed E-state index contributed by atoms with van der Waals surface area (Å²) in [6.45, 7) is 3.01. The highest BCUT2D eigenvalue weighted by molar-refractivity contribution is 5.86. The second-order valence-electron chi connectivity index (χ2n) is 7.91. The van der Waals surface area contributed by atoms with Crippen LogP contribution in [0.5, 0.6) is 5.75 Å². The summed E-state index contributed by atoms with van der Waals surface area (Å²) < 4.78 is 5.21. The van der Waals surface area contributed by atoms with Gasteiger partial charge in [-0.05, 0) is 68.8 Å². The van der Waals surface area contributed by atoms with E-state index in [-0.39, 0.29) is 12.6 Å². The molecule has 150 valence electrons. The first kappa shape index (κ1) is 20.1. The second-order valence-corrected chi connectivity index (χ2v) is 7.91. The zero-order valence-corrected chi connectivity index (χ0v) is 16.6. The lowest BCUT2D eigenvalue weighted by atomic mass is 9.84. The first-order valence-electron chi connectivity index (χ1n) is 10.0. The van der Waals surface area contributed by atoms with Crippen molar-refractivity contribution in [3.63, 3.8) is 0 Å². The number of hydrogen-bond donors (Lipinski definition) is 2. The summed E-state index contributed by atoms with van der Waals surface area (Å²) in [7, 11) is 3.58. The standard InChI is InChI=1S/C21H33N3O3/c1-23(15-18-3-4-18)20(26)21(10-12-22-13-11-21)24(16-25)14-9-17-5-7-19(27-2)8-6-17/h5-8,18,22,25H,3-4,9-16H2,1-2H3. The van der Waals surface area contributed by atoms with Gasteiger partial charge in [0.2, 0.25) is 5.91 Å². The molecule has 6 nitrogen and oxygen atoms in total. The molecule has 0 atom stereocenters. The summed E-state index contributed by atoms with van der Waals surface area (Å²) >= 11 is 0. The van der Waals surface area contributed by atoms with Crippen LogP contribution in [0.3, 0.4) is 0 Å². The lowest BCUT2D eigenvalue weighted by Gasteiger charge is -2.46. The van der Waals surface area contributed by atoms with Gasteiger partial charge in [-0.15, -0.1) is 0 Å². The minimum atomic E-state index is -0.601. The van der Waals surface area contributed by atoms with E-state index in [1.165, 1.54) is 18.4 Å². The van der Waals surface area contributed by atoms with Gasteiger partial charge in [-0.25, -0.2) is 0 Å². The summed E-state index contributed by atoms with van der Waals surface area (Å²) in [4.78, 5) is 17.3. The van der Waals surface area contributed by atoms with Crippen LogP contribution in [0, 0.1) is 5.92 Å². The topological polar surface area (TPSA) is 65.0 Å². The van der Waals surface area contributed by atoms with Crippen molar-refractivity contribution in [3.05, 3.63) is 29.8 Å². The van der Waals surface area contributed by atoms with E-state index in [9.17, 15) is 9.90 Å². The molecular weight excluding hydrogens is 342 g/mol. The molecule has 1 saturated carbocycles.